The quantitative estimate of drug-likeness (QED) is 0.636. The van der Waals surface area contributed by atoms with Gasteiger partial charge in [-0.1, -0.05) is 34.1 Å². The molecule has 0 aliphatic heterocycles. The first-order valence-electron chi connectivity index (χ1n) is 3.92. The topological polar surface area (TPSA) is 0 Å². The van der Waals surface area contributed by atoms with Gasteiger partial charge in [-0.2, -0.15) is 0 Å². The van der Waals surface area contributed by atoms with Crippen LogP contribution in [0.3, 0.4) is 0 Å². The van der Waals surface area contributed by atoms with Gasteiger partial charge >= 0.3 is 0 Å². The Morgan fingerprint density at radius 2 is 2.17 bits per heavy atom. The SMILES string of the molecule is Fc1cccc2c1CCC=C2Br. The second-order valence-electron chi connectivity index (χ2n) is 2.86. The van der Waals surface area contributed by atoms with Gasteiger partial charge in [-0.3, -0.25) is 0 Å². The number of halogens is 2. The van der Waals surface area contributed by atoms with E-state index in [2.05, 4.69) is 22.0 Å². The first-order chi connectivity index (χ1) is 5.79. The molecule has 0 saturated heterocycles. The van der Waals surface area contributed by atoms with Gasteiger partial charge in [0.15, 0.2) is 0 Å². The van der Waals surface area contributed by atoms with Crippen molar-refractivity contribution in [3.8, 4) is 0 Å². The number of hydrogen-bond acceptors (Lipinski definition) is 0. The Hall–Kier alpha value is -0.630. The van der Waals surface area contributed by atoms with Crippen molar-refractivity contribution in [2.75, 3.05) is 0 Å². The Balaban J connectivity index is 2.62. The van der Waals surface area contributed by atoms with Crippen LogP contribution in [-0.2, 0) is 6.42 Å². The van der Waals surface area contributed by atoms with Crippen LogP contribution >= 0.6 is 15.9 Å². The van der Waals surface area contributed by atoms with Crippen molar-refractivity contribution >= 4 is 20.4 Å². The largest absolute Gasteiger partial charge is 0.207 e. The van der Waals surface area contributed by atoms with Crippen molar-refractivity contribution in [1.29, 1.82) is 0 Å². The number of benzene rings is 1. The maximum Gasteiger partial charge on any atom is 0.127 e. The van der Waals surface area contributed by atoms with Crippen molar-refractivity contribution < 1.29 is 4.39 Å². The summed E-state index contributed by atoms with van der Waals surface area (Å²) in [5.41, 5.74) is 1.84. The summed E-state index contributed by atoms with van der Waals surface area (Å²) in [6, 6.07) is 5.21. The van der Waals surface area contributed by atoms with Gasteiger partial charge in [-0.15, -0.1) is 0 Å². The van der Waals surface area contributed by atoms with Crippen LogP contribution in [0.1, 0.15) is 17.5 Å². The summed E-state index contributed by atoms with van der Waals surface area (Å²) in [6.45, 7) is 0. The minimum absolute atomic E-state index is 0.0856. The van der Waals surface area contributed by atoms with E-state index >= 15 is 0 Å². The molecule has 0 fully saturated rings. The van der Waals surface area contributed by atoms with Gasteiger partial charge in [0.2, 0.25) is 0 Å². The lowest BCUT2D eigenvalue weighted by Crippen LogP contribution is -1.99. The average Bonchev–Trinajstić information content (AvgIpc) is 2.07. The van der Waals surface area contributed by atoms with E-state index in [1.54, 1.807) is 6.07 Å². The predicted octanol–water partition coefficient (Wildman–Crippen LogP) is 3.51. The van der Waals surface area contributed by atoms with E-state index < -0.39 is 0 Å². The molecule has 0 radical (unpaired) electrons. The van der Waals surface area contributed by atoms with Gasteiger partial charge in [-0.05, 0) is 30.0 Å². The molecule has 2 heteroatoms. The van der Waals surface area contributed by atoms with Crippen LogP contribution in [0, 0.1) is 5.82 Å². The van der Waals surface area contributed by atoms with E-state index in [1.165, 1.54) is 6.07 Å². The normalized spacial score (nSPS) is 15.3. The molecule has 2 rings (SSSR count). The molecule has 0 bridgehead atoms. The summed E-state index contributed by atoms with van der Waals surface area (Å²) >= 11 is 3.42. The molecule has 1 aliphatic carbocycles. The van der Waals surface area contributed by atoms with Gasteiger partial charge in [0.1, 0.15) is 5.82 Å². The predicted molar refractivity (Wildman–Crippen MR) is 51.6 cm³/mol. The maximum absolute atomic E-state index is 13.2. The number of fused-ring (bicyclic) bond motifs is 1. The van der Waals surface area contributed by atoms with E-state index in [0.717, 1.165) is 28.5 Å². The summed E-state index contributed by atoms with van der Waals surface area (Å²) in [5.74, 6) is -0.0856. The molecule has 1 aromatic rings. The van der Waals surface area contributed by atoms with Crippen molar-refractivity contribution in [2.45, 2.75) is 12.8 Å². The van der Waals surface area contributed by atoms with Crippen LogP contribution in [0.2, 0.25) is 0 Å². The standard InChI is InChI=1S/C10H8BrF/c11-9-5-1-4-8-7(9)3-2-6-10(8)12/h2-3,5-6H,1,4H2. The fourth-order valence-corrected chi connectivity index (χ4v) is 2.09. The Kier molecular flexibility index (Phi) is 2.01. The molecule has 0 heterocycles. The fourth-order valence-electron chi connectivity index (χ4n) is 1.49. The van der Waals surface area contributed by atoms with Crippen LogP contribution in [0.4, 0.5) is 4.39 Å². The summed E-state index contributed by atoms with van der Waals surface area (Å²) in [5, 5.41) is 0. The van der Waals surface area contributed by atoms with Gasteiger partial charge in [0.25, 0.3) is 0 Å². The minimum Gasteiger partial charge on any atom is -0.207 e. The zero-order valence-corrected chi connectivity index (χ0v) is 8.07. The van der Waals surface area contributed by atoms with Crippen molar-refractivity contribution in [3.05, 3.63) is 41.2 Å². The lowest BCUT2D eigenvalue weighted by molar-refractivity contribution is 0.608. The maximum atomic E-state index is 13.2. The van der Waals surface area contributed by atoms with Gasteiger partial charge in [0, 0.05) is 4.48 Å². The van der Waals surface area contributed by atoms with Crippen molar-refractivity contribution in [3.63, 3.8) is 0 Å². The second kappa shape index (κ2) is 3.02. The second-order valence-corrected chi connectivity index (χ2v) is 3.71. The Morgan fingerprint density at radius 3 is 2.92 bits per heavy atom. The molecule has 1 aliphatic rings. The van der Waals surface area contributed by atoms with Crippen LogP contribution in [0.25, 0.3) is 4.48 Å². The van der Waals surface area contributed by atoms with E-state index in [4.69, 9.17) is 0 Å². The third-order valence-electron chi connectivity index (χ3n) is 2.09. The Morgan fingerprint density at radius 1 is 1.33 bits per heavy atom. The molecular formula is C10H8BrF. The number of allylic oxidation sites excluding steroid dienone is 1. The van der Waals surface area contributed by atoms with Crippen LogP contribution in [0.5, 0.6) is 0 Å². The highest BCUT2D eigenvalue weighted by atomic mass is 79.9. The minimum atomic E-state index is -0.0856. The first-order valence-corrected chi connectivity index (χ1v) is 4.72. The lowest BCUT2D eigenvalue weighted by Gasteiger charge is -2.13. The molecule has 0 unspecified atom stereocenters. The van der Waals surface area contributed by atoms with E-state index in [-0.39, 0.29) is 5.82 Å². The lowest BCUT2D eigenvalue weighted by atomic mass is 9.97. The molecule has 0 amide bonds. The molecule has 0 nitrogen and oxygen atoms in total. The van der Waals surface area contributed by atoms with E-state index in [1.807, 2.05) is 6.07 Å². The summed E-state index contributed by atoms with van der Waals surface area (Å²) in [7, 11) is 0. The molecule has 1 aromatic carbocycles. The number of rotatable bonds is 0. The van der Waals surface area contributed by atoms with Crippen LogP contribution in [-0.4, -0.2) is 0 Å². The van der Waals surface area contributed by atoms with E-state index in [0.29, 0.717) is 0 Å². The first kappa shape index (κ1) is 7.99. The Labute approximate surface area is 79.2 Å². The molecule has 0 atom stereocenters. The van der Waals surface area contributed by atoms with Gasteiger partial charge in [-0.25, -0.2) is 4.39 Å². The third kappa shape index (κ3) is 1.20. The molecule has 0 saturated carbocycles. The third-order valence-corrected chi connectivity index (χ3v) is 2.84. The fraction of sp³-hybridized carbons (Fsp3) is 0.200. The molecular weight excluding hydrogens is 219 g/mol. The average molecular weight is 227 g/mol. The number of hydrogen-bond donors (Lipinski definition) is 0. The molecule has 62 valence electrons. The van der Waals surface area contributed by atoms with Crippen LogP contribution < -0.4 is 0 Å². The van der Waals surface area contributed by atoms with Crippen molar-refractivity contribution in [2.24, 2.45) is 0 Å². The zero-order valence-electron chi connectivity index (χ0n) is 6.48. The Bertz CT molecular complexity index is 342. The molecule has 0 aromatic heterocycles. The smallest absolute Gasteiger partial charge is 0.127 e. The van der Waals surface area contributed by atoms with Gasteiger partial charge in [0.05, 0.1) is 0 Å². The highest BCUT2D eigenvalue weighted by Crippen LogP contribution is 2.31. The zero-order chi connectivity index (χ0) is 8.55. The summed E-state index contributed by atoms with van der Waals surface area (Å²) in [4.78, 5) is 0. The summed E-state index contributed by atoms with van der Waals surface area (Å²) < 4.78 is 14.2. The highest BCUT2D eigenvalue weighted by Gasteiger charge is 2.13. The monoisotopic (exact) mass is 226 g/mol. The molecule has 0 N–H and O–H groups in total. The van der Waals surface area contributed by atoms with E-state index in [9.17, 15) is 4.39 Å². The molecule has 0 spiro atoms. The molecule has 12 heavy (non-hydrogen) atoms. The summed E-state index contributed by atoms with van der Waals surface area (Å²) in [6.07, 6.45) is 3.83. The van der Waals surface area contributed by atoms with Crippen molar-refractivity contribution in [1.82, 2.24) is 0 Å². The highest BCUT2D eigenvalue weighted by molar-refractivity contribution is 9.15. The van der Waals surface area contributed by atoms with Gasteiger partial charge < -0.3 is 0 Å². The van der Waals surface area contributed by atoms with Crippen LogP contribution in [0.15, 0.2) is 24.3 Å².